The number of rotatable bonds is 5. The van der Waals surface area contributed by atoms with Crippen LogP contribution in [-0.2, 0) is 13.0 Å². The van der Waals surface area contributed by atoms with Crippen molar-refractivity contribution >= 4 is 22.5 Å². The van der Waals surface area contributed by atoms with Crippen LogP contribution in [0.2, 0.25) is 5.02 Å². The standard InChI is InChI=1S/C23H18ClN3O/c1-2-17-11-22(18-5-3-4-6-20(18)27-17)28-14-15-7-9-16(10-8-15)23-19(24)13-26-21(23)12-25/h3-11,13,26H,2,14H2,1H3. The van der Waals surface area contributed by atoms with E-state index < -0.39 is 0 Å². The van der Waals surface area contributed by atoms with Crippen LogP contribution in [0.15, 0.2) is 60.8 Å². The molecule has 0 aliphatic carbocycles. The average Bonchev–Trinajstić information content (AvgIpc) is 3.12. The molecule has 5 heteroatoms. The largest absolute Gasteiger partial charge is 0.488 e. The third-order valence-corrected chi connectivity index (χ3v) is 4.97. The van der Waals surface area contributed by atoms with Crippen LogP contribution < -0.4 is 4.74 Å². The number of para-hydroxylation sites is 1. The van der Waals surface area contributed by atoms with Crippen LogP contribution in [0.5, 0.6) is 5.75 Å². The van der Waals surface area contributed by atoms with Gasteiger partial charge in [-0.1, -0.05) is 54.9 Å². The van der Waals surface area contributed by atoms with Crippen molar-refractivity contribution in [3.05, 3.63) is 82.8 Å². The van der Waals surface area contributed by atoms with E-state index >= 15 is 0 Å². The number of hydrogen-bond acceptors (Lipinski definition) is 3. The number of nitrogens with zero attached hydrogens (tertiary/aromatic N) is 2. The smallest absolute Gasteiger partial charge is 0.131 e. The fraction of sp³-hybridized carbons (Fsp3) is 0.130. The maximum Gasteiger partial charge on any atom is 0.131 e. The molecule has 28 heavy (non-hydrogen) atoms. The molecule has 2 heterocycles. The van der Waals surface area contributed by atoms with Crippen LogP contribution in [0, 0.1) is 11.3 Å². The van der Waals surface area contributed by atoms with Crippen LogP contribution in [-0.4, -0.2) is 9.97 Å². The van der Waals surface area contributed by atoms with Gasteiger partial charge in [-0.25, -0.2) is 0 Å². The Morgan fingerprint density at radius 2 is 1.93 bits per heavy atom. The lowest BCUT2D eigenvalue weighted by Gasteiger charge is -2.11. The molecular weight excluding hydrogens is 370 g/mol. The minimum absolute atomic E-state index is 0.448. The molecule has 4 aromatic rings. The van der Waals surface area contributed by atoms with Gasteiger partial charge in [-0.2, -0.15) is 5.26 Å². The second-order valence-corrected chi connectivity index (χ2v) is 6.87. The molecule has 0 spiro atoms. The lowest BCUT2D eigenvalue weighted by Crippen LogP contribution is -1.98. The molecule has 0 amide bonds. The van der Waals surface area contributed by atoms with Gasteiger partial charge in [0.05, 0.1) is 10.5 Å². The Kier molecular flexibility index (Phi) is 5.01. The number of pyridine rings is 1. The van der Waals surface area contributed by atoms with Crippen LogP contribution in [0.3, 0.4) is 0 Å². The molecule has 2 aromatic heterocycles. The van der Waals surface area contributed by atoms with Crippen LogP contribution in [0.25, 0.3) is 22.0 Å². The van der Waals surface area contributed by atoms with Gasteiger partial charge in [0.25, 0.3) is 0 Å². The summed E-state index contributed by atoms with van der Waals surface area (Å²) in [5, 5.41) is 10.8. The fourth-order valence-corrected chi connectivity index (χ4v) is 3.45. The number of nitrogens with one attached hydrogen (secondary N) is 1. The summed E-state index contributed by atoms with van der Waals surface area (Å²) in [7, 11) is 0. The molecule has 0 aliphatic rings. The zero-order valence-corrected chi connectivity index (χ0v) is 16.1. The first-order valence-electron chi connectivity index (χ1n) is 9.07. The molecule has 4 nitrogen and oxygen atoms in total. The molecule has 1 N–H and O–H groups in total. The first kappa shape index (κ1) is 18.1. The van der Waals surface area contributed by atoms with E-state index in [0.717, 1.165) is 45.5 Å². The minimum atomic E-state index is 0.448. The highest BCUT2D eigenvalue weighted by Gasteiger charge is 2.12. The highest BCUT2D eigenvalue weighted by molar-refractivity contribution is 6.33. The topological polar surface area (TPSA) is 61.7 Å². The van der Waals surface area contributed by atoms with E-state index in [-0.39, 0.29) is 0 Å². The zero-order valence-electron chi connectivity index (χ0n) is 15.4. The molecule has 0 bridgehead atoms. The molecule has 0 fully saturated rings. The van der Waals surface area contributed by atoms with E-state index in [9.17, 15) is 5.26 Å². The van der Waals surface area contributed by atoms with Crippen molar-refractivity contribution in [2.24, 2.45) is 0 Å². The summed E-state index contributed by atoms with van der Waals surface area (Å²) in [6.07, 6.45) is 2.49. The normalized spacial score (nSPS) is 10.8. The van der Waals surface area contributed by atoms with E-state index in [1.165, 1.54) is 0 Å². The monoisotopic (exact) mass is 387 g/mol. The number of ether oxygens (including phenoxy) is 1. The number of nitriles is 1. The van der Waals surface area contributed by atoms with E-state index in [2.05, 4.69) is 23.0 Å². The van der Waals surface area contributed by atoms with Crippen molar-refractivity contribution in [1.82, 2.24) is 9.97 Å². The summed E-state index contributed by atoms with van der Waals surface area (Å²) >= 11 is 6.21. The van der Waals surface area contributed by atoms with E-state index in [1.54, 1.807) is 6.20 Å². The summed E-state index contributed by atoms with van der Waals surface area (Å²) in [4.78, 5) is 7.54. The Morgan fingerprint density at radius 1 is 1.14 bits per heavy atom. The molecule has 0 unspecified atom stereocenters. The Labute approximate surface area is 168 Å². The molecule has 0 saturated heterocycles. The van der Waals surface area contributed by atoms with Gasteiger partial charge in [0.15, 0.2) is 0 Å². The van der Waals surface area contributed by atoms with Gasteiger partial charge < -0.3 is 9.72 Å². The van der Waals surface area contributed by atoms with Gasteiger partial charge in [0.1, 0.15) is 24.1 Å². The first-order valence-corrected chi connectivity index (χ1v) is 9.45. The fourth-order valence-electron chi connectivity index (χ4n) is 3.19. The molecule has 2 aromatic carbocycles. The van der Waals surface area contributed by atoms with Gasteiger partial charge in [-0.3, -0.25) is 4.98 Å². The second-order valence-electron chi connectivity index (χ2n) is 6.47. The molecule has 0 atom stereocenters. The summed E-state index contributed by atoms with van der Waals surface area (Å²) in [5.74, 6) is 0.840. The van der Waals surface area contributed by atoms with Crippen LogP contribution in [0.4, 0.5) is 0 Å². The third kappa shape index (κ3) is 3.45. The molecule has 0 saturated carbocycles. The lowest BCUT2D eigenvalue weighted by atomic mass is 10.0. The molecule has 0 aliphatic heterocycles. The number of fused-ring (bicyclic) bond motifs is 1. The number of hydrogen-bond donors (Lipinski definition) is 1. The number of aromatic amines is 1. The first-order chi connectivity index (χ1) is 13.7. The maximum atomic E-state index is 9.22. The highest BCUT2D eigenvalue weighted by Crippen LogP contribution is 2.31. The molecule has 138 valence electrons. The van der Waals surface area contributed by atoms with Crippen molar-refractivity contribution in [1.29, 1.82) is 5.26 Å². The molecule has 4 rings (SSSR count). The maximum absolute atomic E-state index is 9.22. The van der Waals surface area contributed by atoms with Gasteiger partial charge >= 0.3 is 0 Å². The van der Waals surface area contributed by atoms with Gasteiger partial charge in [-0.15, -0.1) is 0 Å². The quantitative estimate of drug-likeness (QED) is 0.464. The van der Waals surface area contributed by atoms with E-state index in [1.807, 2.05) is 54.6 Å². The summed E-state index contributed by atoms with van der Waals surface area (Å²) in [5.41, 5.74) is 5.07. The van der Waals surface area contributed by atoms with Crippen LogP contribution >= 0.6 is 11.6 Å². The molecule has 0 radical (unpaired) electrons. The minimum Gasteiger partial charge on any atom is -0.488 e. The zero-order chi connectivity index (χ0) is 19.5. The van der Waals surface area contributed by atoms with Crippen molar-refractivity contribution in [2.45, 2.75) is 20.0 Å². The number of H-pyrrole nitrogens is 1. The predicted molar refractivity (Wildman–Crippen MR) is 111 cm³/mol. The van der Waals surface area contributed by atoms with E-state index in [0.29, 0.717) is 17.3 Å². The van der Waals surface area contributed by atoms with Crippen molar-refractivity contribution < 1.29 is 4.74 Å². The predicted octanol–water partition coefficient (Wildman–Crippen LogP) is 5.90. The number of halogens is 1. The van der Waals surface area contributed by atoms with Gasteiger partial charge in [0, 0.05) is 28.9 Å². The number of aryl methyl sites for hydroxylation is 1. The Bertz CT molecular complexity index is 1170. The van der Waals surface area contributed by atoms with Gasteiger partial charge in [-0.05, 0) is 29.7 Å². The van der Waals surface area contributed by atoms with Crippen molar-refractivity contribution in [2.75, 3.05) is 0 Å². The third-order valence-electron chi connectivity index (χ3n) is 4.67. The Balaban J connectivity index is 1.57. The summed E-state index contributed by atoms with van der Waals surface area (Å²) < 4.78 is 6.12. The number of aromatic nitrogens is 2. The Hall–Kier alpha value is -3.29. The van der Waals surface area contributed by atoms with Gasteiger partial charge in [0.2, 0.25) is 0 Å². The number of benzene rings is 2. The highest BCUT2D eigenvalue weighted by atomic mass is 35.5. The Morgan fingerprint density at radius 3 is 2.68 bits per heavy atom. The van der Waals surface area contributed by atoms with Crippen molar-refractivity contribution in [3.8, 4) is 22.9 Å². The van der Waals surface area contributed by atoms with Crippen LogP contribution in [0.1, 0.15) is 23.9 Å². The average molecular weight is 388 g/mol. The lowest BCUT2D eigenvalue weighted by molar-refractivity contribution is 0.309. The van der Waals surface area contributed by atoms with Crippen molar-refractivity contribution in [3.63, 3.8) is 0 Å². The second kappa shape index (κ2) is 7.75. The molecular formula is C23H18ClN3O. The van der Waals surface area contributed by atoms with E-state index in [4.69, 9.17) is 16.3 Å². The summed E-state index contributed by atoms with van der Waals surface area (Å²) in [6, 6.07) is 20.0. The summed E-state index contributed by atoms with van der Waals surface area (Å²) in [6.45, 7) is 2.53. The SMILES string of the molecule is CCc1cc(OCc2ccc(-c3c(Cl)c[nH]c3C#N)cc2)c2ccccc2n1.